The van der Waals surface area contributed by atoms with E-state index in [-0.39, 0.29) is 11.4 Å². The van der Waals surface area contributed by atoms with E-state index in [9.17, 15) is 14.7 Å². The Kier molecular flexibility index (Phi) is 7.22. The van der Waals surface area contributed by atoms with Gasteiger partial charge in [0.2, 0.25) is 0 Å². The first kappa shape index (κ1) is 22.8. The van der Waals surface area contributed by atoms with Crippen LogP contribution in [0.5, 0.6) is 5.75 Å². The largest absolute Gasteiger partial charge is 0.503 e. The van der Waals surface area contributed by atoms with E-state index in [1.165, 1.54) is 6.08 Å². The molecule has 2 heterocycles. The molecular weight excluding hydrogens is 420 g/mol. The van der Waals surface area contributed by atoms with Gasteiger partial charge in [-0.25, -0.2) is 0 Å². The number of carbonyl (C=O) groups is 2. The lowest BCUT2D eigenvalue weighted by molar-refractivity contribution is -0.129. The number of ether oxygens (including phenoxy) is 2. The van der Waals surface area contributed by atoms with E-state index < -0.39 is 17.7 Å². The maximum absolute atomic E-state index is 13.2. The summed E-state index contributed by atoms with van der Waals surface area (Å²) >= 11 is 0. The van der Waals surface area contributed by atoms with Crippen LogP contribution in [0.1, 0.15) is 17.2 Å². The van der Waals surface area contributed by atoms with Gasteiger partial charge in [0.1, 0.15) is 5.75 Å². The zero-order valence-electron chi connectivity index (χ0n) is 18.6. The van der Waals surface area contributed by atoms with Crippen molar-refractivity contribution >= 4 is 17.8 Å². The van der Waals surface area contributed by atoms with Crippen LogP contribution in [0.2, 0.25) is 0 Å². The molecule has 7 heteroatoms. The predicted molar refractivity (Wildman–Crippen MR) is 125 cm³/mol. The Balaban J connectivity index is 1.62. The van der Waals surface area contributed by atoms with Gasteiger partial charge in [0.25, 0.3) is 5.91 Å². The lowest BCUT2D eigenvalue weighted by atomic mass is 9.95. The highest BCUT2D eigenvalue weighted by Gasteiger charge is 2.42. The highest BCUT2D eigenvalue weighted by Crippen LogP contribution is 2.38. The van der Waals surface area contributed by atoms with Crippen molar-refractivity contribution in [2.24, 2.45) is 0 Å². The molecule has 0 bridgehead atoms. The molecule has 0 radical (unpaired) electrons. The molecule has 33 heavy (non-hydrogen) atoms. The number of ketones is 1. The smallest absolute Gasteiger partial charge is 0.290 e. The summed E-state index contributed by atoms with van der Waals surface area (Å²) in [7, 11) is 1.58. The minimum absolute atomic E-state index is 0.0966. The van der Waals surface area contributed by atoms with Crippen LogP contribution in [0.15, 0.2) is 72.0 Å². The third-order valence-electron chi connectivity index (χ3n) is 5.99. The molecule has 2 aromatic rings. The van der Waals surface area contributed by atoms with Gasteiger partial charge in [0, 0.05) is 26.2 Å². The Morgan fingerprint density at radius 1 is 1.09 bits per heavy atom. The van der Waals surface area contributed by atoms with Crippen LogP contribution >= 0.6 is 0 Å². The highest BCUT2D eigenvalue weighted by atomic mass is 16.5. The fourth-order valence-electron chi connectivity index (χ4n) is 4.17. The number of benzene rings is 2. The number of methoxy groups -OCH3 is 1. The molecule has 7 nitrogen and oxygen atoms in total. The fraction of sp³-hybridized carbons (Fsp3) is 0.308. The molecule has 1 N–H and O–H groups in total. The second-order valence-electron chi connectivity index (χ2n) is 8.00. The van der Waals surface area contributed by atoms with E-state index in [0.29, 0.717) is 32.1 Å². The van der Waals surface area contributed by atoms with Gasteiger partial charge in [-0.3, -0.25) is 14.5 Å². The zero-order chi connectivity index (χ0) is 23.2. The minimum atomic E-state index is -0.669. The number of aliphatic hydroxyl groups excluding tert-OH is 1. The first-order valence-corrected chi connectivity index (χ1v) is 11.0. The van der Waals surface area contributed by atoms with Crippen molar-refractivity contribution in [2.45, 2.75) is 6.04 Å². The van der Waals surface area contributed by atoms with Crippen LogP contribution < -0.4 is 4.74 Å². The maximum atomic E-state index is 13.2. The van der Waals surface area contributed by atoms with E-state index in [2.05, 4.69) is 4.90 Å². The number of allylic oxidation sites excluding steroid dienone is 1. The number of morpholine rings is 1. The van der Waals surface area contributed by atoms with Crippen LogP contribution in [0.25, 0.3) is 6.08 Å². The Hall–Kier alpha value is -3.42. The summed E-state index contributed by atoms with van der Waals surface area (Å²) < 4.78 is 10.7. The maximum Gasteiger partial charge on any atom is 0.290 e. The van der Waals surface area contributed by atoms with Gasteiger partial charge in [-0.05, 0) is 29.3 Å². The van der Waals surface area contributed by atoms with Gasteiger partial charge in [0.05, 0.1) is 31.9 Å². The molecule has 0 saturated carbocycles. The second kappa shape index (κ2) is 10.5. The van der Waals surface area contributed by atoms with Crippen molar-refractivity contribution in [3.05, 3.63) is 83.1 Å². The number of hydrogen-bond donors (Lipinski definition) is 1. The summed E-state index contributed by atoms with van der Waals surface area (Å²) in [6.45, 7) is 3.93. The lowest BCUT2D eigenvalue weighted by Gasteiger charge is -2.31. The topological polar surface area (TPSA) is 79.3 Å². The molecule has 4 rings (SSSR count). The van der Waals surface area contributed by atoms with Crippen LogP contribution in [-0.4, -0.2) is 73.1 Å². The number of amides is 1. The summed E-state index contributed by atoms with van der Waals surface area (Å²) in [4.78, 5) is 30.0. The molecule has 1 atom stereocenters. The van der Waals surface area contributed by atoms with E-state index >= 15 is 0 Å². The Morgan fingerprint density at radius 3 is 2.45 bits per heavy atom. The van der Waals surface area contributed by atoms with E-state index in [0.717, 1.165) is 24.2 Å². The van der Waals surface area contributed by atoms with Gasteiger partial charge < -0.3 is 19.5 Å². The predicted octanol–water partition coefficient (Wildman–Crippen LogP) is 3.01. The average molecular weight is 449 g/mol. The molecule has 0 aliphatic carbocycles. The molecule has 1 unspecified atom stereocenters. The summed E-state index contributed by atoms with van der Waals surface area (Å²) in [5.41, 5.74) is 1.70. The van der Waals surface area contributed by atoms with Crippen LogP contribution in [-0.2, 0) is 14.3 Å². The first-order chi connectivity index (χ1) is 16.1. The van der Waals surface area contributed by atoms with E-state index in [4.69, 9.17) is 9.47 Å². The third-order valence-corrected chi connectivity index (χ3v) is 5.99. The third kappa shape index (κ3) is 5.16. The molecule has 1 fully saturated rings. The SMILES string of the molecule is COc1ccc(C2C(C(=O)/C=C/c3ccccc3)=C(O)C(=O)N2CCN2CCOCC2)cc1. The summed E-state index contributed by atoms with van der Waals surface area (Å²) in [5.74, 6) is -0.728. The van der Waals surface area contributed by atoms with Gasteiger partial charge >= 0.3 is 0 Å². The number of nitrogens with zero attached hydrogens (tertiary/aromatic N) is 2. The van der Waals surface area contributed by atoms with E-state index in [1.54, 1.807) is 30.2 Å². The number of hydrogen-bond acceptors (Lipinski definition) is 6. The van der Waals surface area contributed by atoms with Crippen molar-refractivity contribution < 1.29 is 24.2 Å². The molecule has 2 aliphatic rings. The van der Waals surface area contributed by atoms with Gasteiger partial charge in [0.15, 0.2) is 11.5 Å². The average Bonchev–Trinajstić information content (AvgIpc) is 3.12. The summed E-state index contributed by atoms with van der Waals surface area (Å²) in [6, 6.07) is 16.0. The number of rotatable bonds is 8. The molecule has 1 amide bonds. The second-order valence-corrected chi connectivity index (χ2v) is 8.00. The fourth-order valence-corrected chi connectivity index (χ4v) is 4.17. The number of aliphatic hydroxyl groups is 1. The summed E-state index contributed by atoms with van der Waals surface area (Å²) in [6.07, 6.45) is 3.10. The van der Waals surface area contributed by atoms with Crippen molar-refractivity contribution in [2.75, 3.05) is 46.5 Å². The Labute approximate surface area is 193 Å². The Morgan fingerprint density at radius 2 is 1.79 bits per heavy atom. The first-order valence-electron chi connectivity index (χ1n) is 11.0. The molecule has 2 aromatic carbocycles. The standard InChI is InChI=1S/C26H28N2O5/c1-32-21-10-8-20(9-11-21)24-23(22(29)12-7-19-5-3-2-4-6-19)25(30)26(31)28(24)14-13-27-15-17-33-18-16-27/h2-12,24,30H,13-18H2,1H3/b12-7+. The van der Waals surface area contributed by atoms with Crippen LogP contribution in [0.3, 0.4) is 0 Å². The zero-order valence-corrected chi connectivity index (χ0v) is 18.6. The Bertz CT molecular complexity index is 1040. The van der Waals surface area contributed by atoms with Crippen LogP contribution in [0.4, 0.5) is 0 Å². The van der Waals surface area contributed by atoms with Gasteiger partial charge in [-0.15, -0.1) is 0 Å². The molecule has 0 aromatic heterocycles. The number of carbonyl (C=O) groups excluding carboxylic acids is 2. The lowest BCUT2D eigenvalue weighted by Crippen LogP contribution is -2.43. The van der Waals surface area contributed by atoms with Crippen LogP contribution in [0, 0.1) is 0 Å². The molecule has 172 valence electrons. The van der Waals surface area contributed by atoms with Crippen molar-refractivity contribution in [3.63, 3.8) is 0 Å². The highest BCUT2D eigenvalue weighted by molar-refractivity contribution is 6.14. The van der Waals surface area contributed by atoms with Crippen molar-refractivity contribution in [1.29, 1.82) is 0 Å². The van der Waals surface area contributed by atoms with Gasteiger partial charge in [-0.1, -0.05) is 48.5 Å². The monoisotopic (exact) mass is 448 g/mol. The van der Waals surface area contributed by atoms with Crippen molar-refractivity contribution in [1.82, 2.24) is 9.80 Å². The normalized spacial score (nSPS) is 19.5. The molecule has 0 spiro atoms. The molecular formula is C26H28N2O5. The quantitative estimate of drug-likeness (QED) is 0.626. The molecule has 1 saturated heterocycles. The van der Waals surface area contributed by atoms with Crippen molar-refractivity contribution in [3.8, 4) is 5.75 Å². The molecule has 2 aliphatic heterocycles. The van der Waals surface area contributed by atoms with Gasteiger partial charge in [-0.2, -0.15) is 0 Å². The van der Waals surface area contributed by atoms with E-state index in [1.807, 2.05) is 42.5 Å². The summed E-state index contributed by atoms with van der Waals surface area (Å²) in [5, 5.41) is 10.7. The minimum Gasteiger partial charge on any atom is -0.503 e.